The van der Waals surface area contributed by atoms with Crippen LogP contribution in [0.3, 0.4) is 0 Å². The number of carbonyl (C=O) groups excluding carboxylic acids is 2. The van der Waals surface area contributed by atoms with E-state index in [1.54, 1.807) is 36.3 Å². The van der Waals surface area contributed by atoms with Crippen molar-refractivity contribution in [2.45, 2.75) is 13.3 Å². The van der Waals surface area contributed by atoms with Gasteiger partial charge in [-0.1, -0.05) is 11.6 Å². The molecule has 0 spiro atoms. The van der Waals surface area contributed by atoms with Crippen molar-refractivity contribution in [1.29, 1.82) is 0 Å². The topological polar surface area (TPSA) is 58.6 Å². The summed E-state index contributed by atoms with van der Waals surface area (Å²) in [5.74, 6) is 0.0560. The van der Waals surface area contributed by atoms with Crippen LogP contribution in [0.25, 0.3) is 0 Å². The number of hydrogen-bond acceptors (Lipinski definition) is 3. The lowest BCUT2D eigenvalue weighted by Gasteiger charge is -2.17. The highest BCUT2D eigenvalue weighted by Gasteiger charge is 2.35. The van der Waals surface area contributed by atoms with Gasteiger partial charge in [-0.2, -0.15) is 0 Å². The van der Waals surface area contributed by atoms with Crippen molar-refractivity contribution in [3.63, 3.8) is 0 Å². The number of benzene rings is 2. The van der Waals surface area contributed by atoms with Crippen LogP contribution in [-0.2, 0) is 9.59 Å². The molecule has 0 aromatic heterocycles. The first-order chi connectivity index (χ1) is 12.4. The van der Waals surface area contributed by atoms with Crippen molar-refractivity contribution in [3.8, 4) is 5.75 Å². The molecule has 1 aliphatic heterocycles. The fraction of sp³-hybridized carbons (Fsp3) is 0.263. The Kier molecular flexibility index (Phi) is 5.53. The van der Waals surface area contributed by atoms with Gasteiger partial charge < -0.3 is 15.0 Å². The molecule has 26 heavy (non-hydrogen) atoms. The Morgan fingerprint density at radius 3 is 2.62 bits per heavy atom. The standard InChI is InChI=1S/C19H18BrClN2O3/c1-11-16(8-7-15(20)18(11)21)22-19(25)12-9-17(24)23(10-12)13-3-5-14(26-2)6-4-13/h3-8,12H,9-10H2,1-2H3,(H,22,25)/t12-/m1/s1. The summed E-state index contributed by atoms with van der Waals surface area (Å²) < 4.78 is 5.91. The minimum Gasteiger partial charge on any atom is -0.497 e. The summed E-state index contributed by atoms with van der Waals surface area (Å²) in [6.45, 7) is 2.19. The largest absolute Gasteiger partial charge is 0.497 e. The predicted octanol–water partition coefficient (Wildman–Crippen LogP) is 4.41. The average molecular weight is 438 g/mol. The SMILES string of the molecule is COc1ccc(N2C[C@H](C(=O)Nc3ccc(Br)c(Cl)c3C)CC2=O)cc1. The van der Waals surface area contributed by atoms with Crippen molar-refractivity contribution in [1.82, 2.24) is 0 Å². The van der Waals surface area contributed by atoms with E-state index in [4.69, 9.17) is 16.3 Å². The highest BCUT2D eigenvalue weighted by molar-refractivity contribution is 9.10. The lowest BCUT2D eigenvalue weighted by atomic mass is 10.1. The number of hydrogen-bond donors (Lipinski definition) is 1. The third-order valence-corrected chi connectivity index (χ3v) is 5.85. The van der Waals surface area contributed by atoms with Crippen molar-refractivity contribution < 1.29 is 14.3 Å². The fourth-order valence-corrected chi connectivity index (χ4v) is 3.51. The van der Waals surface area contributed by atoms with Gasteiger partial charge in [-0.25, -0.2) is 0 Å². The quantitative estimate of drug-likeness (QED) is 0.771. The maximum atomic E-state index is 12.6. The summed E-state index contributed by atoms with van der Waals surface area (Å²) >= 11 is 9.57. The van der Waals surface area contributed by atoms with E-state index < -0.39 is 5.92 Å². The normalized spacial score (nSPS) is 16.7. The zero-order valence-corrected chi connectivity index (χ0v) is 16.7. The Hall–Kier alpha value is -2.05. The van der Waals surface area contributed by atoms with E-state index in [1.807, 2.05) is 19.1 Å². The number of methoxy groups -OCH3 is 1. The first kappa shape index (κ1) is 18.7. The number of ether oxygens (including phenoxy) is 1. The van der Waals surface area contributed by atoms with Crippen LogP contribution in [0.5, 0.6) is 5.75 Å². The monoisotopic (exact) mass is 436 g/mol. The summed E-state index contributed by atoms with van der Waals surface area (Å²) in [4.78, 5) is 26.6. The molecule has 1 heterocycles. The van der Waals surface area contributed by atoms with Crippen LogP contribution in [0.2, 0.25) is 5.02 Å². The highest BCUT2D eigenvalue weighted by atomic mass is 79.9. The van der Waals surface area contributed by atoms with Gasteiger partial charge in [0.05, 0.1) is 18.1 Å². The number of halogens is 2. The van der Waals surface area contributed by atoms with Crippen LogP contribution < -0.4 is 15.0 Å². The Labute approximate surface area is 165 Å². The van der Waals surface area contributed by atoms with Crippen molar-refractivity contribution in [3.05, 3.63) is 51.5 Å². The van der Waals surface area contributed by atoms with Crippen LogP contribution in [0.4, 0.5) is 11.4 Å². The summed E-state index contributed by atoms with van der Waals surface area (Å²) in [6, 6.07) is 10.8. The van der Waals surface area contributed by atoms with Crippen molar-refractivity contribution >= 4 is 50.7 Å². The van der Waals surface area contributed by atoms with Crippen molar-refractivity contribution in [2.75, 3.05) is 23.9 Å². The Bertz CT molecular complexity index is 855. The summed E-state index contributed by atoms with van der Waals surface area (Å²) in [5.41, 5.74) is 2.19. The minimum atomic E-state index is -0.411. The summed E-state index contributed by atoms with van der Waals surface area (Å²) in [7, 11) is 1.59. The maximum Gasteiger partial charge on any atom is 0.229 e. The third-order valence-electron chi connectivity index (χ3n) is 4.48. The van der Waals surface area contributed by atoms with E-state index in [1.165, 1.54) is 0 Å². The molecule has 1 fully saturated rings. The molecule has 1 saturated heterocycles. The molecule has 0 bridgehead atoms. The zero-order valence-electron chi connectivity index (χ0n) is 14.4. The number of carbonyl (C=O) groups is 2. The first-order valence-electron chi connectivity index (χ1n) is 8.10. The third kappa shape index (κ3) is 3.71. The van der Waals surface area contributed by atoms with E-state index in [9.17, 15) is 9.59 Å². The summed E-state index contributed by atoms with van der Waals surface area (Å²) in [6.07, 6.45) is 0.182. The molecule has 0 saturated carbocycles. The average Bonchev–Trinajstić information content (AvgIpc) is 3.04. The molecular weight excluding hydrogens is 420 g/mol. The molecule has 0 unspecified atom stereocenters. The molecule has 0 aliphatic carbocycles. The molecule has 5 nitrogen and oxygen atoms in total. The Morgan fingerprint density at radius 1 is 1.27 bits per heavy atom. The lowest BCUT2D eigenvalue weighted by Crippen LogP contribution is -2.28. The highest BCUT2D eigenvalue weighted by Crippen LogP contribution is 2.32. The van der Waals surface area contributed by atoms with Gasteiger partial charge in [0.2, 0.25) is 11.8 Å². The molecule has 7 heteroatoms. The van der Waals surface area contributed by atoms with Gasteiger partial charge in [-0.05, 0) is 64.8 Å². The molecule has 1 atom stereocenters. The fourth-order valence-electron chi connectivity index (χ4n) is 2.92. The number of rotatable bonds is 4. The molecule has 136 valence electrons. The Morgan fingerprint density at radius 2 is 1.96 bits per heavy atom. The van der Waals surface area contributed by atoms with Crippen LogP contribution in [0.1, 0.15) is 12.0 Å². The van der Waals surface area contributed by atoms with Crippen molar-refractivity contribution in [2.24, 2.45) is 5.92 Å². The summed E-state index contributed by atoms with van der Waals surface area (Å²) in [5, 5.41) is 3.45. The minimum absolute atomic E-state index is 0.0686. The number of nitrogens with zero attached hydrogens (tertiary/aromatic N) is 1. The van der Waals surface area contributed by atoms with E-state index >= 15 is 0 Å². The van der Waals surface area contributed by atoms with Crippen LogP contribution in [0, 0.1) is 12.8 Å². The second kappa shape index (κ2) is 7.68. The maximum absolute atomic E-state index is 12.6. The zero-order chi connectivity index (χ0) is 18.8. The number of nitrogens with one attached hydrogen (secondary N) is 1. The van der Waals surface area contributed by atoms with E-state index in [-0.39, 0.29) is 18.2 Å². The van der Waals surface area contributed by atoms with Crippen LogP contribution in [0.15, 0.2) is 40.9 Å². The molecular formula is C19H18BrClN2O3. The van der Waals surface area contributed by atoms with Crippen LogP contribution >= 0.6 is 27.5 Å². The van der Waals surface area contributed by atoms with E-state index in [2.05, 4.69) is 21.2 Å². The lowest BCUT2D eigenvalue weighted by molar-refractivity contribution is -0.122. The van der Waals surface area contributed by atoms with Gasteiger partial charge >= 0.3 is 0 Å². The van der Waals surface area contributed by atoms with Gasteiger partial charge in [-0.15, -0.1) is 0 Å². The molecule has 1 N–H and O–H groups in total. The van der Waals surface area contributed by atoms with E-state index in [0.717, 1.165) is 21.5 Å². The van der Waals surface area contributed by atoms with Gasteiger partial charge in [0, 0.05) is 28.8 Å². The molecule has 2 amide bonds. The molecule has 3 rings (SSSR count). The molecule has 2 aromatic rings. The molecule has 0 radical (unpaired) electrons. The van der Waals surface area contributed by atoms with Gasteiger partial charge in [0.1, 0.15) is 5.75 Å². The van der Waals surface area contributed by atoms with Gasteiger partial charge in [0.15, 0.2) is 0 Å². The smallest absolute Gasteiger partial charge is 0.229 e. The van der Waals surface area contributed by atoms with Gasteiger partial charge in [-0.3, -0.25) is 9.59 Å². The predicted molar refractivity (Wildman–Crippen MR) is 106 cm³/mol. The number of anilines is 2. The van der Waals surface area contributed by atoms with Crippen LogP contribution in [-0.4, -0.2) is 25.5 Å². The van der Waals surface area contributed by atoms with Gasteiger partial charge in [0.25, 0.3) is 0 Å². The second-order valence-electron chi connectivity index (χ2n) is 6.13. The van der Waals surface area contributed by atoms with E-state index in [0.29, 0.717) is 17.3 Å². The Balaban J connectivity index is 1.71. The molecule has 1 aliphatic rings. The number of amides is 2. The first-order valence-corrected chi connectivity index (χ1v) is 9.27. The molecule has 2 aromatic carbocycles. The second-order valence-corrected chi connectivity index (χ2v) is 7.36.